The Hall–Kier alpha value is -3.56. The zero-order valence-corrected chi connectivity index (χ0v) is 18.3. The first kappa shape index (κ1) is 24.7. The maximum absolute atomic E-state index is 12.5. The van der Waals surface area contributed by atoms with Gasteiger partial charge < -0.3 is 19.3 Å². The van der Waals surface area contributed by atoms with Gasteiger partial charge in [0.2, 0.25) is 0 Å². The van der Waals surface area contributed by atoms with Crippen molar-refractivity contribution in [1.29, 1.82) is 0 Å². The molecule has 2 aromatic rings. The van der Waals surface area contributed by atoms with Crippen molar-refractivity contribution >= 4 is 17.7 Å². The summed E-state index contributed by atoms with van der Waals surface area (Å²) in [6, 6.07) is 13.7. The molecular weight excluding hydrogens is 416 g/mol. The van der Waals surface area contributed by atoms with E-state index < -0.39 is 18.1 Å². The molecule has 0 spiro atoms. The SMILES string of the molecule is COc1ccc(NC(=O)O[C@H](C/C(C)=C(\C)C(=O)NO)c2ccc(OCCO)cc2)cc1. The molecule has 4 N–H and O–H groups in total. The molecule has 9 heteroatoms. The molecule has 0 unspecified atom stereocenters. The van der Waals surface area contributed by atoms with Crippen molar-refractivity contribution in [2.75, 3.05) is 25.6 Å². The number of methoxy groups -OCH3 is 1. The highest BCUT2D eigenvalue weighted by molar-refractivity contribution is 5.92. The fraction of sp³-hybridized carbons (Fsp3) is 0.304. The zero-order valence-electron chi connectivity index (χ0n) is 18.3. The second-order valence-corrected chi connectivity index (χ2v) is 6.94. The van der Waals surface area contributed by atoms with Gasteiger partial charge in [0.1, 0.15) is 24.2 Å². The molecule has 32 heavy (non-hydrogen) atoms. The lowest BCUT2D eigenvalue weighted by atomic mass is 9.98. The lowest BCUT2D eigenvalue weighted by Crippen LogP contribution is -2.21. The van der Waals surface area contributed by atoms with E-state index >= 15 is 0 Å². The van der Waals surface area contributed by atoms with Crippen LogP contribution in [0.4, 0.5) is 10.5 Å². The monoisotopic (exact) mass is 444 g/mol. The summed E-state index contributed by atoms with van der Waals surface area (Å²) >= 11 is 0. The van der Waals surface area contributed by atoms with Gasteiger partial charge in [-0.15, -0.1) is 0 Å². The number of rotatable bonds is 10. The van der Waals surface area contributed by atoms with Crippen LogP contribution in [0.5, 0.6) is 11.5 Å². The Morgan fingerprint density at radius 1 is 1.00 bits per heavy atom. The second kappa shape index (κ2) is 12.3. The van der Waals surface area contributed by atoms with Crippen LogP contribution in [0.3, 0.4) is 0 Å². The Kier molecular flexibility index (Phi) is 9.52. The van der Waals surface area contributed by atoms with E-state index in [9.17, 15) is 9.59 Å². The first-order valence-corrected chi connectivity index (χ1v) is 9.94. The van der Waals surface area contributed by atoms with E-state index in [2.05, 4.69) is 5.32 Å². The van der Waals surface area contributed by atoms with Crippen molar-refractivity contribution in [1.82, 2.24) is 5.48 Å². The van der Waals surface area contributed by atoms with Crippen LogP contribution in [0.1, 0.15) is 31.9 Å². The van der Waals surface area contributed by atoms with Crippen molar-refractivity contribution in [3.8, 4) is 11.5 Å². The van der Waals surface area contributed by atoms with E-state index in [1.54, 1.807) is 75.0 Å². The number of anilines is 1. The minimum atomic E-state index is -0.707. The van der Waals surface area contributed by atoms with E-state index in [-0.39, 0.29) is 19.6 Å². The Morgan fingerprint density at radius 2 is 1.62 bits per heavy atom. The first-order chi connectivity index (χ1) is 15.4. The third-order valence-electron chi connectivity index (χ3n) is 4.77. The number of nitrogens with one attached hydrogen (secondary N) is 2. The fourth-order valence-electron chi connectivity index (χ4n) is 2.83. The van der Waals surface area contributed by atoms with Crippen LogP contribution in [-0.4, -0.2) is 42.6 Å². The van der Waals surface area contributed by atoms with Gasteiger partial charge in [-0.3, -0.25) is 15.3 Å². The van der Waals surface area contributed by atoms with Crippen molar-refractivity contribution in [2.24, 2.45) is 0 Å². The minimum absolute atomic E-state index is 0.102. The van der Waals surface area contributed by atoms with Crippen molar-refractivity contribution in [3.63, 3.8) is 0 Å². The van der Waals surface area contributed by atoms with Crippen LogP contribution < -0.4 is 20.3 Å². The normalized spacial score (nSPS) is 12.3. The molecule has 2 rings (SSSR count). The molecule has 0 fully saturated rings. The Morgan fingerprint density at radius 3 is 2.19 bits per heavy atom. The summed E-state index contributed by atoms with van der Waals surface area (Å²) in [6.45, 7) is 3.36. The van der Waals surface area contributed by atoms with Gasteiger partial charge in [0.15, 0.2) is 0 Å². The van der Waals surface area contributed by atoms with E-state index in [1.807, 2.05) is 0 Å². The van der Waals surface area contributed by atoms with Crippen molar-refractivity contribution < 1.29 is 34.1 Å². The van der Waals surface area contributed by atoms with Gasteiger partial charge in [-0.05, 0) is 55.8 Å². The molecule has 0 aromatic heterocycles. The van der Waals surface area contributed by atoms with Crippen LogP contribution in [0.2, 0.25) is 0 Å². The number of amides is 2. The van der Waals surface area contributed by atoms with Crippen molar-refractivity contribution in [3.05, 3.63) is 65.2 Å². The summed E-state index contributed by atoms with van der Waals surface area (Å²) in [4.78, 5) is 24.3. The maximum atomic E-state index is 12.5. The van der Waals surface area contributed by atoms with Gasteiger partial charge in [0.05, 0.1) is 13.7 Å². The molecule has 0 aliphatic heterocycles. The highest BCUT2D eigenvalue weighted by Gasteiger charge is 2.20. The van der Waals surface area contributed by atoms with Crippen molar-refractivity contribution in [2.45, 2.75) is 26.4 Å². The second-order valence-electron chi connectivity index (χ2n) is 6.94. The lowest BCUT2D eigenvalue weighted by molar-refractivity contribution is -0.125. The van der Waals surface area contributed by atoms with Crippen LogP contribution in [0.15, 0.2) is 59.7 Å². The first-order valence-electron chi connectivity index (χ1n) is 9.94. The number of aliphatic hydroxyl groups is 1. The van der Waals surface area contributed by atoms with Gasteiger partial charge in [0, 0.05) is 17.7 Å². The number of aliphatic hydroxyl groups excluding tert-OH is 1. The van der Waals surface area contributed by atoms with Crippen LogP contribution >= 0.6 is 0 Å². The zero-order chi connectivity index (χ0) is 23.5. The van der Waals surface area contributed by atoms with Crippen LogP contribution in [-0.2, 0) is 9.53 Å². The molecule has 0 aliphatic carbocycles. The Balaban J connectivity index is 2.20. The number of carbonyl (C=O) groups excluding carboxylic acids is 2. The minimum Gasteiger partial charge on any atom is -0.497 e. The fourth-order valence-corrected chi connectivity index (χ4v) is 2.83. The maximum Gasteiger partial charge on any atom is 0.412 e. The van der Waals surface area contributed by atoms with E-state index in [1.165, 1.54) is 0 Å². The molecule has 0 aliphatic rings. The summed E-state index contributed by atoms with van der Waals surface area (Å²) in [5.74, 6) is 0.590. The average molecular weight is 444 g/mol. The number of hydrogen-bond donors (Lipinski definition) is 4. The van der Waals surface area contributed by atoms with Gasteiger partial charge in [-0.1, -0.05) is 17.7 Å². The van der Waals surface area contributed by atoms with E-state index in [4.69, 9.17) is 24.5 Å². The summed E-state index contributed by atoms with van der Waals surface area (Å²) in [5.41, 5.74) is 3.78. The summed E-state index contributed by atoms with van der Waals surface area (Å²) in [6.07, 6.45) is -1.15. The number of carbonyl (C=O) groups is 2. The van der Waals surface area contributed by atoms with Gasteiger partial charge in [-0.2, -0.15) is 0 Å². The third-order valence-corrected chi connectivity index (χ3v) is 4.77. The molecule has 0 saturated carbocycles. The third kappa shape index (κ3) is 7.29. The van der Waals surface area contributed by atoms with Gasteiger partial charge in [0.25, 0.3) is 5.91 Å². The summed E-state index contributed by atoms with van der Waals surface area (Å²) < 4.78 is 16.1. The number of hydrogen-bond acceptors (Lipinski definition) is 7. The lowest BCUT2D eigenvalue weighted by Gasteiger charge is -2.20. The molecule has 9 nitrogen and oxygen atoms in total. The molecule has 2 aromatic carbocycles. The molecule has 0 saturated heterocycles. The van der Waals surface area contributed by atoms with Gasteiger partial charge in [-0.25, -0.2) is 10.3 Å². The van der Waals surface area contributed by atoms with Crippen LogP contribution in [0, 0.1) is 0 Å². The summed E-state index contributed by atoms with van der Waals surface area (Å²) in [7, 11) is 1.55. The van der Waals surface area contributed by atoms with Crippen LogP contribution in [0.25, 0.3) is 0 Å². The smallest absolute Gasteiger partial charge is 0.412 e. The summed E-state index contributed by atoms with van der Waals surface area (Å²) in [5, 5.41) is 20.4. The average Bonchev–Trinajstić information content (AvgIpc) is 2.82. The Labute approximate surface area is 186 Å². The molecule has 1 atom stereocenters. The molecular formula is C23H28N2O7. The highest BCUT2D eigenvalue weighted by Crippen LogP contribution is 2.29. The number of hydroxylamine groups is 1. The molecule has 172 valence electrons. The molecule has 0 heterocycles. The van der Waals surface area contributed by atoms with E-state index in [0.29, 0.717) is 33.9 Å². The van der Waals surface area contributed by atoms with Gasteiger partial charge >= 0.3 is 6.09 Å². The molecule has 2 amide bonds. The molecule has 0 bridgehead atoms. The van der Waals surface area contributed by atoms with E-state index in [0.717, 1.165) is 0 Å². The predicted molar refractivity (Wildman–Crippen MR) is 118 cm³/mol. The standard InChI is InChI=1S/C23H28N2O7/c1-15(16(2)22(27)25-29)14-21(17-4-8-20(9-5-17)31-13-12-26)32-23(28)24-18-6-10-19(30-3)11-7-18/h4-11,21,26,29H,12-14H2,1-3H3,(H,24,28)(H,25,27)/b16-15+/t21-/m1/s1. The Bertz CT molecular complexity index is 924. The topological polar surface area (TPSA) is 126 Å². The highest BCUT2D eigenvalue weighted by atomic mass is 16.6. The number of benzene rings is 2. The predicted octanol–water partition coefficient (Wildman–Crippen LogP) is 3.59. The largest absolute Gasteiger partial charge is 0.497 e. The number of ether oxygens (including phenoxy) is 3. The quantitative estimate of drug-likeness (QED) is 0.251. The molecule has 0 radical (unpaired) electrons.